The molecule has 0 saturated heterocycles. The molecule has 0 spiro atoms. The Morgan fingerprint density at radius 2 is 1.05 bits per heavy atom. The van der Waals surface area contributed by atoms with E-state index >= 15 is 0 Å². The van der Waals surface area contributed by atoms with Crippen LogP contribution in [-0.4, -0.2) is 158 Å². The van der Waals surface area contributed by atoms with Crippen molar-refractivity contribution in [2.75, 3.05) is 13.1 Å². The summed E-state index contributed by atoms with van der Waals surface area (Å²) < 4.78 is 0. The maximum atomic E-state index is 14.1. The number of carboxylic acids is 1. The number of nitrogens with one attached hydrogen (secondary N) is 11. The van der Waals surface area contributed by atoms with Crippen molar-refractivity contribution in [3.63, 3.8) is 0 Å². The minimum atomic E-state index is -1.47. The topological polar surface area (TPSA) is 452 Å². The van der Waals surface area contributed by atoms with Crippen LogP contribution in [0.4, 0.5) is 0 Å². The Balaban J connectivity index is 2.16. The van der Waals surface area contributed by atoms with Crippen LogP contribution in [0.1, 0.15) is 118 Å². The fraction of sp³-hybridized carbons (Fsp3) is 0.653. The molecule has 0 saturated carbocycles. The first-order chi connectivity index (χ1) is 36.3. The van der Waals surface area contributed by atoms with Crippen molar-refractivity contribution < 1.29 is 57.8 Å². The molecule has 0 aliphatic rings. The van der Waals surface area contributed by atoms with Gasteiger partial charge in [0.15, 0.2) is 0 Å². The molecule has 0 fully saturated rings. The number of carbonyl (C=O) groups is 11. The van der Waals surface area contributed by atoms with Gasteiger partial charge in [-0.05, 0) is 70.3 Å². The van der Waals surface area contributed by atoms with Crippen LogP contribution in [-0.2, 0) is 65.6 Å². The Labute approximate surface area is 448 Å². The lowest BCUT2D eigenvalue weighted by atomic mass is 9.97. The van der Waals surface area contributed by atoms with Crippen molar-refractivity contribution in [3.8, 4) is 0 Å². The Hall–Kier alpha value is -7.49. The van der Waals surface area contributed by atoms with Gasteiger partial charge in [-0.2, -0.15) is 0 Å². The molecule has 2 heterocycles. The highest BCUT2D eigenvalue weighted by Gasteiger charge is 2.35. The molecular weight excluding hydrogens is 1000 g/mol. The molecule has 0 radical (unpaired) electrons. The lowest BCUT2D eigenvalue weighted by Gasteiger charge is -2.28. The minimum absolute atomic E-state index is 0.0249. The number of hydrogen-bond acceptors (Lipinski definition) is 15. The second-order valence-electron chi connectivity index (χ2n) is 19.6. The molecule has 0 bridgehead atoms. The third-order valence-electron chi connectivity index (χ3n) is 12.7. The Morgan fingerprint density at radius 1 is 0.571 bits per heavy atom. The van der Waals surface area contributed by atoms with Crippen LogP contribution in [0, 0.1) is 17.8 Å². The zero-order chi connectivity index (χ0) is 57.9. The number of carboxylic acid groups (broad SMARTS) is 1. The van der Waals surface area contributed by atoms with Crippen LogP contribution in [0.5, 0.6) is 0 Å². The van der Waals surface area contributed by atoms with E-state index < -0.39 is 132 Å². The molecule has 28 nitrogen and oxygen atoms in total. The molecule has 11 atom stereocenters. The lowest BCUT2D eigenvalue weighted by molar-refractivity contribution is -0.142. The average Bonchev–Trinajstić information content (AvgIpc) is 4.11. The summed E-state index contributed by atoms with van der Waals surface area (Å²) in [5.41, 5.74) is 17.9. The highest BCUT2D eigenvalue weighted by molar-refractivity contribution is 5.98. The SMILES string of the molecule is CC[C@H](C)[C@H](N)C(=O)N[C@@H](Cc1cnc[nH]1)C(=O)N[C@@H](Cc1cnc[nH]1)C(=O)N[C@H](C(=O)NCC(=O)N[C@@H](CC(C)C)C(=O)N[C@@H](C)C(=O)N[C@@H](C)C(=O)N[C@@H](CCCCN)C(=O)N[C@@H](CCC(N)=O)C(=O)O)[C@@H](C)CC. The zero-order valence-electron chi connectivity index (χ0n) is 45.3. The van der Waals surface area contributed by atoms with Gasteiger partial charge in [-0.25, -0.2) is 14.8 Å². The monoisotopic (exact) mass is 1090 g/mol. The van der Waals surface area contributed by atoms with Crippen molar-refractivity contribution in [1.29, 1.82) is 0 Å². The van der Waals surface area contributed by atoms with E-state index in [0.717, 1.165) is 0 Å². The van der Waals surface area contributed by atoms with E-state index in [1.807, 2.05) is 6.92 Å². The third-order valence-corrected chi connectivity index (χ3v) is 12.7. The van der Waals surface area contributed by atoms with Gasteiger partial charge in [0.1, 0.15) is 48.3 Å². The first kappa shape index (κ1) is 65.6. The van der Waals surface area contributed by atoms with E-state index in [0.29, 0.717) is 37.1 Å². The first-order valence-electron chi connectivity index (χ1n) is 25.9. The van der Waals surface area contributed by atoms with Gasteiger partial charge in [0.2, 0.25) is 59.1 Å². The molecule has 10 amide bonds. The minimum Gasteiger partial charge on any atom is -0.480 e. The van der Waals surface area contributed by atoms with Gasteiger partial charge in [-0.1, -0.05) is 54.4 Å². The van der Waals surface area contributed by atoms with E-state index in [1.165, 1.54) is 38.9 Å². The Bertz CT molecular complexity index is 2260. The van der Waals surface area contributed by atoms with Crippen molar-refractivity contribution in [2.45, 2.75) is 174 Å². The Kier molecular flexibility index (Phi) is 28.6. The largest absolute Gasteiger partial charge is 0.480 e. The number of amides is 10. The fourth-order valence-electron chi connectivity index (χ4n) is 7.54. The molecule has 0 aliphatic heterocycles. The number of nitrogens with zero attached hydrogens (tertiary/aromatic N) is 2. The average molecular weight is 1090 g/mol. The molecule has 2 rings (SSSR count). The lowest BCUT2D eigenvalue weighted by Crippen LogP contribution is -2.60. The number of H-pyrrole nitrogens is 2. The van der Waals surface area contributed by atoms with E-state index in [4.69, 9.17) is 17.2 Å². The number of nitrogens with two attached hydrogens (primary N) is 3. The van der Waals surface area contributed by atoms with Gasteiger partial charge in [-0.3, -0.25) is 47.9 Å². The van der Waals surface area contributed by atoms with Gasteiger partial charge in [0, 0.05) is 43.0 Å². The number of hydrogen-bond donors (Lipinski definition) is 15. The van der Waals surface area contributed by atoms with Crippen LogP contribution in [0.15, 0.2) is 25.0 Å². The van der Waals surface area contributed by atoms with Crippen LogP contribution in [0.3, 0.4) is 0 Å². The summed E-state index contributed by atoms with van der Waals surface area (Å²) in [5.74, 6) is -9.88. The van der Waals surface area contributed by atoms with Gasteiger partial charge in [0.05, 0.1) is 25.2 Å². The standard InChI is InChI=1S/C49H82N16O12/c1-9-26(5)39(52)47(74)64-35(18-30-20-53-23-56-30)45(72)63-36(19-31-21-54-24-57-31)46(73)65-40(27(6)10-2)48(75)55-22-38(67)60-34(17-25(3)4)44(71)59-28(7)41(68)58-29(8)42(69)61-32(13-11-12-16-50)43(70)62-33(49(76)77)14-15-37(51)66/h20-21,23-29,32-36,39-40H,9-19,22,50,52H2,1-8H3,(H2,51,66)(H,53,56)(H,54,57)(H,55,75)(H,58,68)(H,59,71)(H,60,67)(H,61,69)(H,62,70)(H,63,72)(H,64,74)(H,65,73)(H,76,77)/t26-,27-,28-,29-,32-,33-,34-,35-,36-,39-,40-/m0/s1. The van der Waals surface area contributed by atoms with Crippen LogP contribution in [0.25, 0.3) is 0 Å². The second-order valence-corrected chi connectivity index (χ2v) is 19.6. The number of primary amides is 1. The van der Waals surface area contributed by atoms with Gasteiger partial charge < -0.3 is 80.1 Å². The maximum absolute atomic E-state index is 14.1. The zero-order valence-corrected chi connectivity index (χ0v) is 45.3. The number of carbonyl (C=O) groups excluding carboxylic acids is 10. The van der Waals surface area contributed by atoms with Gasteiger partial charge in [-0.15, -0.1) is 0 Å². The van der Waals surface area contributed by atoms with E-state index in [2.05, 4.69) is 67.8 Å². The molecule has 18 N–H and O–H groups in total. The first-order valence-corrected chi connectivity index (χ1v) is 25.9. The summed E-state index contributed by atoms with van der Waals surface area (Å²) in [6, 6.07) is -11.1. The molecule has 0 aromatic carbocycles. The molecule has 430 valence electrons. The summed E-state index contributed by atoms with van der Waals surface area (Å²) in [6.07, 6.45) is 7.03. The smallest absolute Gasteiger partial charge is 0.326 e. The second kappa shape index (κ2) is 33.5. The number of aliphatic carboxylic acids is 1. The molecule has 2 aromatic heterocycles. The number of aromatic amines is 2. The molecule has 2 aromatic rings. The number of aromatic nitrogens is 4. The predicted molar refractivity (Wildman–Crippen MR) is 280 cm³/mol. The Morgan fingerprint density at radius 3 is 1.55 bits per heavy atom. The molecule has 77 heavy (non-hydrogen) atoms. The number of imidazole rings is 2. The van der Waals surface area contributed by atoms with E-state index in [1.54, 1.807) is 34.6 Å². The molecule has 0 aliphatic carbocycles. The van der Waals surface area contributed by atoms with Crippen molar-refractivity contribution in [1.82, 2.24) is 67.8 Å². The third kappa shape index (κ3) is 23.5. The van der Waals surface area contributed by atoms with Crippen LogP contribution >= 0.6 is 0 Å². The quantitative estimate of drug-likeness (QED) is 0.0301. The van der Waals surface area contributed by atoms with E-state index in [-0.39, 0.29) is 56.9 Å². The number of rotatable bonds is 36. The highest BCUT2D eigenvalue weighted by Crippen LogP contribution is 2.12. The maximum Gasteiger partial charge on any atom is 0.326 e. The van der Waals surface area contributed by atoms with Gasteiger partial charge >= 0.3 is 5.97 Å². The highest BCUT2D eigenvalue weighted by atomic mass is 16.4. The summed E-state index contributed by atoms with van der Waals surface area (Å²) in [5, 5.41) is 32.6. The fourth-order valence-corrected chi connectivity index (χ4v) is 7.54. The summed E-state index contributed by atoms with van der Waals surface area (Å²) in [4.78, 5) is 159. The van der Waals surface area contributed by atoms with Crippen molar-refractivity contribution in [3.05, 3.63) is 36.4 Å². The summed E-state index contributed by atoms with van der Waals surface area (Å²) in [7, 11) is 0. The van der Waals surface area contributed by atoms with Crippen LogP contribution < -0.4 is 65.1 Å². The normalized spacial score (nSPS) is 15.5. The van der Waals surface area contributed by atoms with Crippen molar-refractivity contribution in [2.24, 2.45) is 35.0 Å². The predicted octanol–water partition coefficient (Wildman–Crippen LogP) is -3.10. The van der Waals surface area contributed by atoms with Crippen LogP contribution in [0.2, 0.25) is 0 Å². The molecule has 28 heteroatoms. The summed E-state index contributed by atoms with van der Waals surface area (Å²) >= 11 is 0. The van der Waals surface area contributed by atoms with Crippen molar-refractivity contribution >= 4 is 65.0 Å². The molecular formula is C49H82N16O12. The molecule has 0 unspecified atom stereocenters. The number of unbranched alkanes of at least 4 members (excludes halogenated alkanes) is 1. The van der Waals surface area contributed by atoms with Gasteiger partial charge in [0.25, 0.3) is 0 Å². The van der Waals surface area contributed by atoms with E-state index in [9.17, 15) is 57.8 Å². The summed E-state index contributed by atoms with van der Waals surface area (Å²) in [6.45, 7) is 13.1.